The molecule has 0 saturated heterocycles. The van der Waals surface area contributed by atoms with Gasteiger partial charge in [0.25, 0.3) is 5.91 Å². The molecule has 2 heterocycles. The van der Waals surface area contributed by atoms with E-state index < -0.39 is 0 Å². The molecule has 1 amide bonds. The predicted octanol–water partition coefficient (Wildman–Crippen LogP) is 5.26. The van der Waals surface area contributed by atoms with E-state index in [1.165, 1.54) is 11.3 Å². The number of nitrogens with zero attached hydrogens (tertiary/aromatic N) is 3. The third-order valence-electron chi connectivity index (χ3n) is 5.00. The molecule has 0 aliphatic rings. The molecule has 0 unspecified atom stereocenters. The van der Waals surface area contributed by atoms with Gasteiger partial charge in [0.05, 0.1) is 31.0 Å². The van der Waals surface area contributed by atoms with Crippen molar-refractivity contribution >= 4 is 38.7 Å². The highest BCUT2D eigenvalue weighted by Crippen LogP contribution is 2.32. The Kier molecular flexibility index (Phi) is 6.47. The normalized spacial score (nSPS) is 11.1. The summed E-state index contributed by atoms with van der Waals surface area (Å²) in [5, 5.41) is 0.653. The number of ether oxygens (including phenoxy) is 2. The van der Waals surface area contributed by atoms with Gasteiger partial charge in [-0.3, -0.25) is 14.7 Å². The van der Waals surface area contributed by atoms with Crippen LogP contribution in [0.4, 0.5) is 5.13 Å². The molecule has 0 spiro atoms. The van der Waals surface area contributed by atoms with Crippen molar-refractivity contribution in [2.75, 3.05) is 19.1 Å². The number of para-hydroxylation sites is 1. The second kappa shape index (κ2) is 9.62. The van der Waals surface area contributed by atoms with Gasteiger partial charge in [-0.05, 0) is 54.0 Å². The minimum atomic E-state index is -0.166. The van der Waals surface area contributed by atoms with E-state index >= 15 is 0 Å². The van der Waals surface area contributed by atoms with Gasteiger partial charge in [0, 0.05) is 18.5 Å². The SMILES string of the molecule is COc1ccc(/C=C/C(=O)N(Cc2cccnc2)c2nc3c(C)cccc3s2)cc1OC. The summed E-state index contributed by atoms with van der Waals surface area (Å²) in [6, 6.07) is 15.4. The van der Waals surface area contributed by atoms with Crippen molar-refractivity contribution in [3.8, 4) is 11.5 Å². The van der Waals surface area contributed by atoms with Gasteiger partial charge in [-0.2, -0.15) is 0 Å². The van der Waals surface area contributed by atoms with Gasteiger partial charge in [-0.1, -0.05) is 35.6 Å². The lowest BCUT2D eigenvalue weighted by Crippen LogP contribution is -2.28. The van der Waals surface area contributed by atoms with Gasteiger partial charge in [-0.15, -0.1) is 0 Å². The first-order valence-corrected chi connectivity index (χ1v) is 10.9. The van der Waals surface area contributed by atoms with Crippen molar-refractivity contribution in [3.05, 3.63) is 83.7 Å². The van der Waals surface area contributed by atoms with Crippen LogP contribution < -0.4 is 14.4 Å². The molecule has 32 heavy (non-hydrogen) atoms. The summed E-state index contributed by atoms with van der Waals surface area (Å²) in [4.78, 5) is 23.9. The molecular weight excluding hydrogens is 422 g/mol. The van der Waals surface area contributed by atoms with E-state index in [-0.39, 0.29) is 5.91 Å². The van der Waals surface area contributed by atoms with Gasteiger partial charge in [0.2, 0.25) is 0 Å². The van der Waals surface area contributed by atoms with Crippen LogP contribution in [0.1, 0.15) is 16.7 Å². The van der Waals surface area contributed by atoms with Crippen LogP contribution in [0.2, 0.25) is 0 Å². The zero-order chi connectivity index (χ0) is 22.5. The highest BCUT2D eigenvalue weighted by atomic mass is 32.1. The maximum absolute atomic E-state index is 13.3. The fraction of sp³-hybridized carbons (Fsp3) is 0.160. The molecular formula is C25H23N3O3S. The average Bonchev–Trinajstić information content (AvgIpc) is 3.27. The molecule has 0 fully saturated rings. The van der Waals surface area contributed by atoms with Gasteiger partial charge >= 0.3 is 0 Å². The number of benzene rings is 2. The molecule has 2 aromatic carbocycles. The standard InChI is InChI=1S/C25H23N3O3S/c1-17-6-4-8-22-24(17)27-25(32-22)28(16-19-7-5-13-26-15-19)23(29)12-10-18-9-11-20(30-2)21(14-18)31-3/h4-15H,16H2,1-3H3/b12-10+. The number of rotatable bonds is 7. The smallest absolute Gasteiger partial charge is 0.253 e. The number of aromatic nitrogens is 2. The minimum absolute atomic E-state index is 0.166. The Balaban J connectivity index is 1.66. The first-order valence-electron chi connectivity index (χ1n) is 10.1. The molecule has 0 saturated carbocycles. The summed E-state index contributed by atoms with van der Waals surface area (Å²) in [5.74, 6) is 1.08. The van der Waals surface area contributed by atoms with E-state index in [0.29, 0.717) is 23.2 Å². The number of anilines is 1. The molecule has 0 atom stereocenters. The number of carbonyl (C=O) groups excluding carboxylic acids is 1. The lowest BCUT2D eigenvalue weighted by atomic mass is 10.2. The molecule has 0 N–H and O–H groups in total. The summed E-state index contributed by atoms with van der Waals surface area (Å²) in [7, 11) is 3.17. The number of aryl methyl sites for hydroxylation is 1. The number of carbonyl (C=O) groups is 1. The highest BCUT2D eigenvalue weighted by Gasteiger charge is 2.19. The average molecular weight is 446 g/mol. The van der Waals surface area contributed by atoms with E-state index in [2.05, 4.69) is 4.98 Å². The zero-order valence-electron chi connectivity index (χ0n) is 18.1. The number of pyridine rings is 1. The van der Waals surface area contributed by atoms with E-state index in [1.807, 2.05) is 55.5 Å². The Morgan fingerprint density at radius 2 is 1.94 bits per heavy atom. The van der Waals surface area contributed by atoms with Crippen LogP contribution in [0.25, 0.3) is 16.3 Å². The third-order valence-corrected chi connectivity index (χ3v) is 6.04. The fourth-order valence-electron chi connectivity index (χ4n) is 3.32. The van der Waals surface area contributed by atoms with Crippen molar-refractivity contribution in [2.24, 2.45) is 0 Å². The Bertz CT molecular complexity index is 1270. The van der Waals surface area contributed by atoms with E-state index in [9.17, 15) is 4.79 Å². The molecule has 6 nitrogen and oxygen atoms in total. The fourth-order valence-corrected chi connectivity index (χ4v) is 4.37. The van der Waals surface area contributed by atoms with Crippen molar-refractivity contribution < 1.29 is 14.3 Å². The molecule has 0 bridgehead atoms. The Morgan fingerprint density at radius 3 is 2.66 bits per heavy atom. The second-order valence-corrected chi connectivity index (χ2v) is 8.16. The summed E-state index contributed by atoms with van der Waals surface area (Å²) in [6.45, 7) is 2.40. The monoisotopic (exact) mass is 445 g/mol. The first-order chi connectivity index (χ1) is 15.6. The molecule has 2 aromatic heterocycles. The van der Waals surface area contributed by atoms with Crippen LogP contribution in [-0.4, -0.2) is 30.1 Å². The van der Waals surface area contributed by atoms with Gasteiger partial charge < -0.3 is 9.47 Å². The van der Waals surface area contributed by atoms with Gasteiger partial charge in [0.15, 0.2) is 16.6 Å². The number of hydrogen-bond donors (Lipinski definition) is 0. The van der Waals surface area contributed by atoms with Crippen molar-refractivity contribution in [1.82, 2.24) is 9.97 Å². The quantitative estimate of drug-likeness (QED) is 0.363. The molecule has 162 valence electrons. The van der Waals surface area contributed by atoms with Crippen molar-refractivity contribution in [3.63, 3.8) is 0 Å². The number of hydrogen-bond acceptors (Lipinski definition) is 6. The van der Waals surface area contributed by atoms with Crippen LogP contribution in [-0.2, 0) is 11.3 Å². The largest absolute Gasteiger partial charge is 0.493 e. The summed E-state index contributed by atoms with van der Waals surface area (Å²) in [5.41, 5.74) is 3.76. The molecule has 4 aromatic rings. The molecule has 0 aliphatic carbocycles. The Morgan fingerprint density at radius 1 is 1.09 bits per heavy atom. The number of methoxy groups -OCH3 is 2. The summed E-state index contributed by atoms with van der Waals surface area (Å²) in [6.07, 6.45) is 6.79. The van der Waals surface area contributed by atoms with Crippen LogP contribution in [0.5, 0.6) is 11.5 Å². The Labute approximate surface area is 190 Å². The minimum Gasteiger partial charge on any atom is -0.493 e. The topological polar surface area (TPSA) is 64.5 Å². The van der Waals surface area contributed by atoms with E-state index in [1.54, 1.807) is 43.7 Å². The van der Waals surface area contributed by atoms with Crippen molar-refractivity contribution in [1.29, 1.82) is 0 Å². The first kappa shape index (κ1) is 21.5. The third kappa shape index (κ3) is 4.63. The predicted molar refractivity (Wildman–Crippen MR) is 128 cm³/mol. The second-order valence-electron chi connectivity index (χ2n) is 7.15. The van der Waals surface area contributed by atoms with E-state index in [0.717, 1.165) is 26.9 Å². The molecule has 0 radical (unpaired) electrons. The lowest BCUT2D eigenvalue weighted by Gasteiger charge is -2.18. The van der Waals surface area contributed by atoms with E-state index in [4.69, 9.17) is 14.5 Å². The van der Waals surface area contributed by atoms with Crippen LogP contribution in [0, 0.1) is 6.92 Å². The lowest BCUT2D eigenvalue weighted by molar-refractivity contribution is -0.114. The molecule has 4 rings (SSSR count). The highest BCUT2D eigenvalue weighted by molar-refractivity contribution is 7.22. The van der Waals surface area contributed by atoms with Crippen LogP contribution >= 0.6 is 11.3 Å². The zero-order valence-corrected chi connectivity index (χ0v) is 18.9. The summed E-state index contributed by atoms with van der Waals surface area (Å²) >= 11 is 1.50. The maximum atomic E-state index is 13.3. The van der Waals surface area contributed by atoms with Crippen LogP contribution in [0.3, 0.4) is 0 Å². The number of amides is 1. The van der Waals surface area contributed by atoms with Gasteiger partial charge in [-0.25, -0.2) is 4.98 Å². The molecule has 0 aliphatic heterocycles. The van der Waals surface area contributed by atoms with Crippen molar-refractivity contribution in [2.45, 2.75) is 13.5 Å². The van der Waals surface area contributed by atoms with Gasteiger partial charge in [0.1, 0.15) is 0 Å². The number of fused-ring (bicyclic) bond motifs is 1. The maximum Gasteiger partial charge on any atom is 0.253 e. The number of thiazole rings is 1. The summed E-state index contributed by atoms with van der Waals surface area (Å²) < 4.78 is 11.7. The molecule has 7 heteroatoms. The van der Waals surface area contributed by atoms with Crippen LogP contribution in [0.15, 0.2) is 67.0 Å². The Hall–Kier alpha value is -3.71.